The molecule has 3 aromatic rings. The van der Waals surface area contributed by atoms with Crippen molar-refractivity contribution in [1.29, 1.82) is 0 Å². The molecule has 9 heteroatoms. The minimum Gasteiger partial charge on any atom is -0.482 e. The molecule has 5 heterocycles. The maximum Gasteiger partial charge on any atom is 0.257 e. The van der Waals surface area contributed by atoms with Crippen LogP contribution in [-0.4, -0.2) is 55.2 Å². The molecule has 0 aromatic carbocycles. The molecule has 1 aliphatic carbocycles. The van der Waals surface area contributed by atoms with Crippen molar-refractivity contribution in [1.82, 2.24) is 24.3 Å². The van der Waals surface area contributed by atoms with E-state index < -0.39 is 5.60 Å². The van der Waals surface area contributed by atoms with Crippen molar-refractivity contribution < 1.29 is 19.0 Å². The van der Waals surface area contributed by atoms with Gasteiger partial charge in [-0.1, -0.05) is 0 Å². The van der Waals surface area contributed by atoms with E-state index in [4.69, 9.17) is 14.2 Å². The monoisotopic (exact) mass is 421 g/mol. The van der Waals surface area contributed by atoms with Gasteiger partial charge in [-0.3, -0.25) is 19.2 Å². The number of carbonyl (C=O) groups excluding carboxylic acids is 1. The summed E-state index contributed by atoms with van der Waals surface area (Å²) in [5, 5.41) is 0. The highest BCUT2D eigenvalue weighted by Gasteiger charge is 2.63. The summed E-state index contributed by atoms with van der Waals surface area (Å²) in [6, 6.07) is 3.87. The zero-order valence-corrected chi connectivity index (χ0v) is 17.2. The average Bonchev–Trinajstić information content (AvgIpc) is 3.47. The van der Waals surface area contributed by atoms with Crippen LogP contribution in [0.4, 0.5) is 0 Å². The van der Waals surface area contributed by atoms with Gasteiger partial charge in [0.05, 0.1) is 37.8 Å². The first kappa shape index (κ1) is 18.7. The Morgan fingerprint density at radius 3 is 2.90 bits per heavy atom. The topological polar surface area (TPSA) is 91.1 Å². The van der Waals surface area contributed by atoms with Gasteiger partial charge in [-0.05, 0) is 24.5 Å². The second kappa shape index (κ2) is 7.00. The Bertz CT molecular complexity index is 1130. The Labute approximate surface area is 179 Å². The van der Waals surface area contributed by atoms with E-state index in [-0.39, 0.29) is 24.3 Å². The van der Waals surface area contributed by atoms with E-state index >= 15 is 0 Å². The van der Waals surface area contributed by atoms with E-state index in [0.717, 1.165) is 29.7 Å². The minimum absolute atomic E-state index is 0.0130. The van der Waals surface area contributed by atoms with Gasteiger partial charge in [0, 0.05) is 43.7 Å². The number of ether oxygens (including phenoxy) is 3. The summed E-state index contributed by atoms with van der Waals surface area (Å²) in [5.74, 6) is 0.773. The van der Waals surface area contributed by atoms with Gasteiger partial charge in [-0.15, -0.1) is 0 Å². The van der Waals surface area contributed by atoms with E-state index in [0.29, 0.717) is 25.3 Å². The molecule has 3 aliphatic rings. The molecule has 1 unspecified atom stereocenters. The largest absolute Gasteiger partial charge is 0.482 e. The molecule has 1 spiro atoms. The van der Waals surface area contributed by atoms with Crippen LogP contribution in [0.1, 0.15) is 43.0 Å². The number of rotatable bonds is 5. The lowest BCUT2D eigenvalue weighted by molar-refractivity contribution is -0.177. The summed E-state index contributed by atoms with van der Waals surface area (Å²) >= 11 is 0. The van der Waals surface area contributed by atoms with Gasteiger partial charge in [0.15, 0.2) is 11.5 Å². The fourth-order valence-electron chi connectivity index (χ4n) is 5.05. The number of hydrogen-bond donors (Lipinski definition) is 0. The van der Waals surface area contributed by atoms with Crippen molar-refractivity contribution in [3.63, 3.8) is 0 Å². The quantitative estimate of drug-likeness (QED) is 0.624. The molecule has 2 atom stereocenters. The lowest BCUT2D eigenvalue weighted by Crippen LogP contribution is -2.54. The number of aromatic nitrogens is 4. The Morgan fingerprint density at radius 1 is 1.19 bits per heavy atom. The van der Waals surface area contributed by atoms with Gasteiger partial charge >= 0.3 is 0 Å². The summed E-state index contributed by atoms with van der Waals surface area (Å²) in [7, 11) is 1.64. The highest BCUT2D eigenvalue weighted by molar-refractivity contribution is 5.89. The average molecular weight is 421 g/mol. The molecule has 160 valence electrons. The molecule has 9 nitrogen and oxygen atoms in total. The first-order valence-corrected chi connectivity index (χ1v) is 10.5. The van der Waals surface area contributed by atoms with Gasteiger partial charge in [0.1, 0.15) is 11.9 Å². The summed E-state index contributed by atoms with van der Waals surface area (Å²) in [6.45, 7) is 0.435. The molecule has 2 aliphatic heterocycles. The zero-order chi connectivity index (χ0) is 21.0. The summed E-state index contributed by atoms with van der Waals surface area (Å²) in [6.07, 6.45) is 11.3. The van der Waals surface area contributed by atoms with Crippen molar-refractivity contribution in [3.8, 4) is 5.88 Å². The third-order valence-corrected chi connectivity index (χ3v) is 6.58. The summed E-state index contributed by atoms with van der Waals surface area (Å²) < 4.78 is 19.7. The van der Waals surface area contributed by atoms with Crippen molar-refractivity contribution in [2.45, 2.75) is 56.3 Å². The van der Waals surface area contributed by atoms with E-state index in [1.165, 1.54) is 0 Å². The van der Waals surface area contributed by atoms with Crippen molar-refractivity contribution >= 4 is 11.6 Å². The lowest BCUT2D eigenvalue weighted by Gasteiger charge is -2.42. The van der Waals surface area contributed by atoms with Crippen LogP contribution in [0.15, 0.2) is 43.1 Å². The standard InChI is InChI=1S/C22H23N5O4/c1-29-20-9-14(8-18-25-6-7-26(18)20)13-30-15-10-22(11-15)21(28)27-17(2-3-19(27)31-22)16-12-23-4-5-24-16/h4-9,12,15,17,19H,2-3,10-11,13H2,1H3/t15?,17-,19?,22?/m0/s1. The van der Waals surface area contributed by atoms with Crippen molar-refractivity contribution in [2.24, 2.45) is 0 Å². The van der Waals surface area contributed by atoms with Crippen LogP contribution in [0.5, 0.6) is 5.88 Å². The highest BCUT2D eigenvalue weighted by Crippen LogP contribution is 2.51. The molecule has 0 N–H and O–H groups in total. The number of imidazole rings is 1. The van der Waals surface area contributed by atoms with Gasteiger partial charge in [-0.25, -0.2) is 4.98 Å². The number of carbonyl (C=O) groups is 1. The molecule has 2 saturated heterocycles. The molecule has 0 bridgehead atoms. The molecule has 1 amide bonds. The van der Waals surface area contributed by atoms with E-state index in [9.17, 15) is 4.79 Å². The number of fused-ring (bicyclic) bond motifs is 2. The Hall–Kier alpha value is -3.04. The highest BCUT2D eigenvalue weighted by atomic mass is 16.6. The smallest absolute Gasteiger partial charge is 0.257 e. The lowest BCUT2D eigenvalue weighted by atomic mass is 9.76. The third-order valence-electron chi connectivity index (χ3n) is 6.58. The predicted molar refractivity (Wildman–Crippen MR) is 108 cm³/mol. The fourth-order valence-corrected chi connectivity index (χ4v) is 5.05. The van der Waals surface area contributed by atoms with E-state index in [1.807, 2.05) is 27.6 Å². The summed E-state index contributed by atoms with van der Waals surface area (Å²) in [4.78, 5) is 28.0. The van der Waals surface area contributed by atoms with Gasteiger partial charge < -0.3 is 19.1 Å². The molecule has 3 fully saturated rings. The fraction of sp³-hybridized carbons (Fsp3) is 0.455. The van der Waals surface area contributed by atoms with Crippen LogP contribution >= 0.6 is 0 Å². The van der Waals surface area contributed by atoms with Gasteiger partial charge in [-0.2, -0.15) is 0 Å². The minimum atomic E-state index is -0.749. The van der Waals surface area contributed by atoms with Crippen LogP contribution < -0.4 is 4.74 Å². The number of nitrogens with zero attached hydrogens (tertiary/aromatic N) is 5. The van der Waals surface area contributed by atoms with Crippen LogP contribution in [0.3, 0.4) is 0 Å². The van der Waals surface area contributed by atoms with Crippen molar-refractivity contribution in [3.05, 3.63) is 54.4 Å². The number of methoxy groups -OCH3 is 1. The maximum atomic E-state index is 13.3. The molecular weight excluding hydrogens is 398 g/mol. The van der Waals surface area contributed by atoms with E-state index in [1.54, 1.807) is 31.9 Å². The maximum absolute atomic E-state index is 13.3. The van der Waals surface area contributed by atoms with Gasteiger partial charge in [0.2, 0.25) is 0 Å². The number of hydrogen-bond acceptors (Lipinski definition) is 7. The molecule has 31 heavy (non-hydrogen) atoms. The Balaban J connectivity index is 1.11. The first-order valence-electron chi connectivity index (χ1n) is 10.5. The molecule has 3 aromatic heterocycles. The Kier molecular flexibility index (Phi) is 4.22. The van der Waals surface area contributed by atoms with Crippen molar-refractivity contribution in [2.75, 3.05) is 7.11 Å². The molecular formula is C22H23N5O4. The number of pyridine rings is 1. The SMILES string of the molecule is COc1cc(COC2CC3(C2)OC2CC[C@@H](c4cnccn4)N2C3=O)cc2nccn12. The first-order chi connectivity index (χ1) is 15.2. The second-order valence-electron chi connectivity index (χ2n) is 8.41. The second-order valence-corrected chi connectivity index (χ2v) is 8.41. The zero-order valence-electron chi connectivity index (χ0n) is 17.2. The molecule has 0 radical (unpaired) electrons. The van der Waals surface area contributed by atoms with Crippen LogP contribution in [-0.2, 0) is 20.9 Å². The molecule has 6 rings (SSSR count). The normalized spacial score (nSPS) is 29.5. The third kappa shape index (κ3) is 2.91. The van der Waals surface area contributed by atoms with E-state index in [2.05, 4.69) is 15.0 Å². The predicted octanol–water partition coefficient (Wildman–Crippen LogP) is 2.27. The summed E-state index contributed by atoms with van der Waals surface area (Å²) in [5.41, 5.74) is 1.88. The van der Waals surface area contributed by atoms with Crippen LogP contribution in [0.2, 0.25) is 0 Å². The van der Waals surface area contributed by atoms with Gasteiger partial charge in [0.25, 0.3) is 5.91 Å². The van der Waals surface area contributed by atoms with Crippen LogP contribution in [0, 0.1) is 0 Å². The van der Waals surface area contributed by atoms with Crippen LogP contribution in [0.25, 0.3) is 5.65 Å². The number of amides is 1. The molecule has 1 saturated carbocycles. The Morgan fingerprint density at radius 2 is 2.10 bits per heavy atom.